The van der Waals surface area contributed by atoms with E-state index in [9.17, 15) is 0 Å². The Morgan fingerprint density at radius 1 is 0.315 bits per heavy atom. The van der Waals surface area contributed by atoms with E-state index in [1.807, 2.05) is 0 Å². The summed E-state index contributed by atoms with van der Waals surface area (Å²) in [4.78, 5) is 16.1. The zero-order chi connectivity index (χ0) is 35.6. The van der Waals surface area contributed by atoms with Gasteiger partial charge in [-0.25, -0.2) is 4.98 Å². The number of benzene rings is 8. The number of nitrogens with zero attached hydrogens (tertiary/aromatic N) is 5. The highest BCUT2D eigenvalue weighted by Crippen LogP contribution is 2.38. The smallest absolute Gasteiger partial charge is 0.238 e. The molecule has 0 unspecified atom stereocenters. The summed E-state index contributed by atoms with van der Waals surface area (Å²) >= 11 is 0. The summed E-state index contributed by atoms with van der Waals surface area (Å²) in [5, 5.41) is 7.10. The van der Waals surface area contributed by atoms with Gasteiger partial charge in [-0.15, -0.1) is 0 Å². The van der Waals surface area contributed by atoms with Crippen molar-refractivity contribution in [3.63, 3.8) is 0 Å². The molecule has 0 amide bonds. The summed E-state index contributed by atoms with van der Waals surface area (Å²) < 4.78 is 4.52. The van der Waals surface area contributed by atoms with Crippen molar-refractivity contribution in [2.24, 2.45) is 0 Å². The van der Waals surface area contributed by atoms with Crippen molar-refractivity contribution in [2.45, 2.75) is 0 Å². The summed E-state index contributed by atoms with van der Waals surface area (Å²) in [5.41, 5.74) is 9.36. The molecule has 0 aliphatic heterocycles. The first kappa shape index (κ1) is 30.3. The van der Waals surface area contributed by atoms with Crippen molar-refractivity contribution >= 4 is 54.4 Å². The maximum Gasteiger partial charge on any atom is 0.238 e. The fraction of sp³-hybridized carbons (Fsp3) is 0. The topological polar surface area (TPSA) is 48.5 Å². The predicted octanol–water partition coefficient (Wildman–Crippen LogP) is 12.2. The van der Waals surface area contributed by atoms with E-state index >= 15 is 0 Å². The van der Waals surface area contributed by atoms with Gasteiger partial charge in [0.2, 0.25) is 5.95 Å². The third-order valence-corrected chi connectivity index (χ3v) is 10.6. The number of rotatable bonds is 5. The van der Waals surface area contributed by atoms with Crippen LogP contribution >= 0.6 is 0 Å². The van der Waals surface area contributed by atoms with Crippen LogP contribution in [-0.2, 0) is 0 Å². The first-order valence-electron chi connectivity index (χ1n) is 18.2. The van der Waals surface area contributed by atoms with E-state index in [-0.39, 0.29) is 0 Å². The minimum atomic E-state index is 0.567. The highest BCUT2D eigenvalue weighted by Gasteiger charge is 2.22. The second kappa shape index (κ2) is 12.1. The van der Waals surface area contributed by atoms with Gasteiger partial charge in [0.1, 0.15) is 0 Å². The predicted molar refractivity (Wildman–Crippen MR) is 222 cm³/mol. The fourth-order valence-corrected chi connectivity index (χ4v) is 8.17. The number of hydrogen-bond acceptors (Lipinski definition) is 3. The molecule has 11 aromatic rings. The summed E-state index contributed by atoms with van der Waals surface area (Å²) in [6.45, 7) is 0. The monoisotopic (exact) mass is 689 g/mol. The summed E-state index contributed by atoms with van der Waals surface area (Å²) in [6, 6.07) is 66.1. The molecular formula is C49H31N5. The fourth-order valence-electron chi connectivity index (χ4n) is 8.17. The zero-order valence-electron chi connectivity index (χ0n) is 29.1. The standard InChI is InChI=1S/C49H31N5/c1-2-16-33-31-34(30-29-32(33)15-1)35-17-3-4-22-40(35)47-50-48(52-49(51-47)54-44-26-12-7-20-38(44)39-21-8-13-27-45(39)54)41-23-9-14-28-46(41)53-42-24-10-5-18-36(42)37-19-6-11-25-43(37)53/h1-31H. The lowest BCUT2D eigenvalue weighted by Crippen LogP contribution is -2.08. The molecule has 0 aliphatic rings. The van der Waals surface area contributed by atoms with Crippen molar-refractivity contribution in [3.05, 3.63) is 188 Å². The van der Waals surface area contributed by atoms with Gasteiger partial charge in [0, 0.05) is 32.7 Å². The molecule has 8 aromatic carbocycles. The maximum absolute atomic E-state index is 5.37. The number of para-hydroxylation sites is 5. The Hall–Kier alpha value is -7.37. The molecule has 0 fully saturated rings. The van der Waals surface area contributed by atoms with Crippen molar-refractivity contribution < 1.29 is 0 Å². The van der Waals surface area contributed by atoms with Gasteiger partial charge >= 0.3 is 0 Å². The maximum atomic E-state index is 5.37. The molecule has 54 heavy (non-hydrogen) atoms. The highest BCUT2D eigenvalue weighted by molar-refractivity contribution is 6.10. The van der Waals surface area contributed by atoms with Gasteiger partial charge in [0.15, 0.2) is 11.6 Å². The van der Waals surface area contributed by atoms with Crippen molar-refractivity contribution in [3.8, 4) is 45.5 Å². The highest BCUT2D eigenvalue weighted by atomic mass is 15.2. The van der Waals surface area contributed by atoms with E-state index in [4.69, 9.17) is 15.0 Å². The van der Waals surface area contributed by atoms with Crippen LogP contribution in [0.1, 0.15) is 0 Å². The zero-order valence-corrected chi connectivity index (χ0v) is 29.1. The molecule has 5 nitrogen and oxygen atoms in total. The van der Waals surface area contributed by atoms with Gasteiger partial charge in [0.05, 0.1) is 27.8 Å². The van der Waals surface area contributed by atoms with Crippen molar-refractivity contribution in [1.29, 1.82) is 0 Å². The second-order valence-corrected chi connectivity index (χ2v) is 13.6. The van der Waals surface area contributed by atoms with Crippen LogP contribution in [0.15, 0.2) is 188 Å². The largest absolute Gasteiger partial charge is 0.309 e. The Kier molecular flexibility index (Phi) is 6.79. The van der Waals surface area contributed by atoms with Crippen LogP contribution < -0.4 is 0 Å². The molecular weight excluding hydrogens is 659 g/mol. The molecule has 0 N–H and O–H groups in total. The summed E-state index contributed by atoms with van der Waals surface area (Å²) in [6.07, 6.45) is 0. The molecule has 3 aromatic heterocycles. The second-order valence-electron chi connectivity index (χ2n) is 13.6. The summed E-state index contributed by atoms with van der Waals surface area (Å²) in [5.74, 6) is 1.78. The number of aromatic nitrogens is 5. The van der Waals surface area contributed by atoms with Crippen LogP contribution in [0, 0.1) is 0 Å². The van der Waals surface area contributed by atoms with E-state index in [1.54, 1.807) is 0 Å². The quantitative estimate of drug-likeness (QED) is 0.181. The van der Waals surface area contributed by atoms with Crippen LogP contribution in [0.5, 0.6) is 0 Å². The van der Waals surface area contributed by atoms with Crippen LogP contribution in [0.3, 0.4) is 0 Å². The average molecular weight is 690 g/mol. The third kappa shape index (κ3) is 4.69. The molecule has 3 heterocycles. The van der Waals surface area contributed by atoms with Crippen LogP contribution in [0.4, 0.5) is 0 Å². The minimum absolute atomic E-state index is 0.567. The Morgan fingerprint density at radius 2 is 0.759 bits per heavy atom. The van der Waals surface area contributed by atoms with Gasteiger partial charge in [-0.3, -0.25) is 4.57 Å². The SMILES string of the molecule is c1ccc(-c2nc(-c3ccccc3-n3c4ccccc4c4ccccc43)nc(-n3c4ccccc4c4ccccc43)n2)c(-c2ccc3ccccc3c2)c1. The summed E-state index contributed by atoms with van der Waals surface area (Å²) in [7, 11) is 0. The molecule has 0 bridgehead atoms. The molecule has 5 heteroatoms. The van der Waals surface area contributed by atoms with Crippen LogP contribution in [0.2, 0.25) is 0 Å². The van der Waals surface area contributed by atoms with E-state index in [2.05, 4.69) is 197 Å². The van der Waals surface area contributed by atoms with Gasteiger partial charge in [0.25, 0.3) is 0 Å². The molecule has 0 atom stereocenters. The van der Waals surface area contributed by atoms with E-state index in [0.717, 1.165) is 60.8 Å². The van der Waals surface area contributed by atoms with Gasteiger partial charge < -0.3 is 4.57 Å². The van der Waals surface area contributed by atoms with Gasteiger partial charge in [-0.2, -0.15) is 9.97 Å². The molecule has 0 spiro atoms. The molecule has 0 saturated heterocycles. The average Bonchev–Trinajstić information content (AvgIpc) is 3.76. The minimum Gasteiger partial charge on any atom is -0.309 e. The first-order valence-corrected chi connectivity index (χ1v) is 18.2. The Balaban J connectivity index is 1.21. The molecule has 0 radical (unpaired) electrons. The number of fused-ring (bicyclic) bond motifs is 7. The molecule has 0 aliphatic carbocycles. The third-order valence-electron chi connectivity index (χ3n) is 10.6. The Morgan fingerprint density at radius 3 is 1.37 bits per heavy atom. The Bertz CT molecular complexity index is 3130. The van der Waals surface area contributed by atoms with E-state index in [1.165, 1.54) is 21.5 Å². The number of hydrogen-bond donors (Lipinski definition) is 0. The molecule has 252 valence electrons. The Labute approximate surface area is 311 Å². The lowest BCUT2D eigenvalue weighted by atomic mass is 9.96. The van der Waals surface area contributed by atoms with E-state index in [0.29, 0.717) is 17.6 Å². The normalized spacial score (nSPS) is 11.7. The lowest BCUT2D eigenvalue weighted by molar-refractivity contribution is 0.952. The molecule has 0 saturated carbocycles. The van der Waals surface area contributed by atoms with Crippen molar-refractivity contribution in [1.82, 2.24) is 24.1 Å². The van der Waals surface area contributed by atoms with Crippen molar-refractivity contribution in [2.75, 3.05) is 0 Å². The van der Waals surface area contributed by atoms with Crippen LogP contribution in [0.25, 0.3) is 99.9 Å². The van der Waals surface area contributed by atoms with Gasteiger partial charge in [-0.1, -0.05) is 146 Å². The van der Waals surface area contributed by atoms with Crippen LogP contribution in [-0.4, -0.2) is 24.1 Å². The first-order chi connectivity index (χ1) is 26.8. The van der Waals surface area contributed by atoms with Gasteiger partial charge in [-0.05, 0) is 64.4 Å². The lowest BCUT2D eigenvalue weighted by Gasteiger charge is -2.16. The molecule has 11 rings (SSSR count). The van der Waals surface area contributed by atoms with E-state index < -0.39 is 0 Å².